The van der Waals surface area contributed by atoms with E-state index < -0.39 is 0 Å². The Kier molecular flexibility index (Phi) is 13.1. The number of hydrogen-bond acceptors (Lipinski definition) is 2. The summed E-state index contributed by atoms with van der Waals surface area (Å²) in [6.07, 6.45) is 0. The Morgan fingerprint density at radius 2 is 2.00 bits per heavy atom. The zero-order valence-electron chi connectivity index (χ0n) is 5.14. The van der Waals surface area contributed by atoms with Gasteiger partial charge in [-0.05, 0) is 30.1 Å². The van der Waals surface area contributed by atoms with E-state index in [4.69, 9.17) is 23.6 Å². The van der Waals surface area contributed by atoms with Gasteiger partial charge in [-0.2, -0.15) is 0 Å². The zero-order chi connectivity index (χ0) is 6.41. The van der Waals surface area contributed by atoms with Crippen molar-refractivity contribution in [2.24, 2.45) is 0 Å². The molecule has 0 heterocycles. The largest absolute Gasteiger partial charge is 2.00 e. The predicted octanol–water partition coefficient (Wildman–Crippen LogP) is 1.20. The van der Waals surface area contributed by atoms with E-state index in [0.29, 0.717) is 6.54 Å². The number of nitrogens with one attached hydrogen (secondary N) is 1. The summed E-state index contributed by atoms with van der Waals surface area (Å²) < 4.78 is 1.11. The number of halogens is 2. The fraction of sp³-hybridized carbons (Fsp3) is 1.00. The van der Waals surface area contributed by atoms with Crippen LogP contribution in [0.1, 0.15) is 6.92 Å². The summed E-state index contributed by atoms with van der Waals surface area (Å²) >= 11 is 10.5. The maximum absolute atomic E-state index is 5.27. The first-order valence-corrected chi connectivity index (χ1v) is 3.24. The van der Waals surface area contributed by atoms with Gasteiger partial charge in [-0.3, -0.25) is 0 Å². The van der Waals surface area contributed by atoms with E-state index in [0.717, 1.165) is 17.0 Å². The molecule has 0 spiro atoms. The molecule has 0 aromatic heterocycles. The van der Waals surface area contributed by atoms with Crippen molar-refractivity contribution >= 4 is 23.6 Å². The van der Waals surface area contributed by atoms with Crippen molar-refractivity contribution in [3.63, 3.8) is 0 Å². The number of hydrogen-bond donors (Lipinski definition) is 1. The molecule has 0 saturated carbocycles. The van der Waals surface area contributed by atoms with Gasteiger partial charge < -0.3 is 5.32 Å². The van der Waals surface area contributed by atoms with Crippen LogP contribution >= 0.6 is 23.6 Å². The van der Waals surface area contributed by atoms with Crippen LogP contribution < -0.4 is 5.32 Å². The Balaban J connectivity index is 0. The Morgan fingerprint density at radius 3 is 2.33 bits per heavy atom. The van der Waals surface area contributed by atoms with Crippen molar-refractivity contribution in [1.29, 1.82) is 0 Å². The van der Waals surface area contributed by atoms with Crippen LogP contribution in [0.3, 0.4) is 0 Å². The van der Waals surface area contributed by atoms with Gasteiger partial charge in [0.15, 0.2) is 0 Å². The van der Waals surface area contributed by atoms with Gasteiger partial charge >= 0.3 is 21.1 Å². The first-order chi connectivity index (χ1) is 3.77. The standard InChI is InChI=1S/C4H10Cl2N2.Pt/c1-2-7-3-4-8(5)6;/h7H,2-4H2,1H3;/q;+2. The van der Waals surface area contributed by atoms with Crippen LogP contribution in [-0.4, -0.2) is 23.6 Å². The average molecular weight is 352 g/mol. The van der Waals surface area contributed by atoms with E-state index in [1.54, 1.807) is 0 Å². The normalized spacial score (nSPS) is 9.33. The molecule has 0 rings (SSSR count). The average Bonchev–Trinajstić information content (AvgIpc) is 1.66. The molecule has 0 aliphatic rings. The summed E-state index contributed by atoms with van der Waals surface area (Å²) in [5, 5.41) is 3.07. The molecule has 2 nitrogen and oxygen atoms in total. The fourth-order valence-corrected chi connectivity index (χ4v) is 0.509. The van der Waals surface area contributed by atoms with E-state index in [2.05, 4.69) is 5.32 Å². The Bertz CT molecular complexity index is 53.8. The van der Waals surface area contributed by atoms with Gasteiger partial charge in [0.1, 0.15) is 0 Å². The molecule has 0 saturated heterocycles. The third-order valence-corrected chi connectivity index (χ3v) is 1.05. The smallest absolute Gasteiger partial charge is 0.316 e. The van der Waals surface area contributed by atoms with Crippen molar-refractivity contribution < 1.29 is 21.1 Å². The molecule has 1 N–H and O–H groups in total. The van der Waals surface area contributed by atoms with E-state index >= 15 is 0 Å². The van der Waals surface area contributed by atoms with Gasteiger partial charge in [-0.15, -0.1) is 3.94 Å². The number of likely N-dealkylation sites (N-methyl/N-ethyl adjacent to an activating group) is 1. The fourth-order valence-electron chi connectivity index (χ4n) is 0.340. The first-order valence-electron chi connectivity index (χ1n) is 2.57. The third kappa shape index (κ3) is 12.4. The molecule has 0 atom stereocenters. The molecule has 0 aromatic rings. The molecule has 0 amide bonds. The van der Waals surface area contributed by atoms with E-state index in [9.17, 15) is 0 Å². The van der Waals surface area contributed by atoms with Crippen LogP contribution in [0.5, 0.6) is 0 Å². The monoisotopic (exact) mass is 351 g/mol. The minimum Gasteiger partial charge on any atom is -0.316 e. The van der Waals surface area contributed by atoms with Gasteiger partial charge in [0, 0.05) is 13.1 Å². The molecule has 0 aliphatic heterocycles. The summed E-state index contributed by atoms with van der Waals surface area (Å²) in [6.45, 7) is 4.49. The van der Waals surface area contributed by atoms with E-state index in [1.807, 2.05) is 6.92 Å². The molecule has 9 heavy (non-hydrogen) atoms. The molecule has 58 valence electrons. The van der Waals surface area contributed by atoms with Crippen LogP contribution in [-0.2, 0) is 21.1 Å². The van der Waals surface area contributed by atoms with Crippen molar-refractivity contribution in [2.45, 2.75) is 6.92 Å². The molecule has 0 bridgehead atoms. The summed E-state index contributed by atoms with van der Waals surface area (Å²) in [5.41, 5.74) is 0. The van der Waals surface area contributed by atoms with Gasteiger partial charge in [0.2, 0.25) is 0 Å². The molecular weight excluding hydrogens is 342 g/mol. The Hall–Kier alpha value is 1.19. The SMILES string of the molecule is CCNCCN(Cl)Cl.[Pt+2]. The Morgan fingerprint density at radius 1 is 1.44 bits per heavy atom. The molecule has 0 unspecified atom stereocenters. The van der Waals surface area contributed by atoms with Crippen LogP contribution in [0.2, 0.25) is 0 Å². The number of rotatable bonds is 4. The maximum Gasteiger partial charge on any atom is 2.00 e. The molecular formula is C4H10Cl2N2Pt+2. The van der Waals surface area contributed by atoms with Crippen LogP contribution in [0.25, 0.3) is 0 Å². The zero-order valence-corrected chi connectivity index (χ0v) is 8.92. The molecule has 0 aromatic carbocycles. The van der Waals surface area contributed by atoms with Crippen LogP contribution in [0.4, 0.5) is 0 Å². The van der Waals surface area contributed by atoms with Gasteiger partial charge in [0.05, 0.1) is 0 Å². The van der Waals surface area contributed by atoms with Gasteiger partial charge in [-0.1, -0.05) is 6.92 Å². The van der Waals surface area contributed by atoms with Crippen molar-refractivity contribution in [1.82, 2.24) is 9.25 Å². The molecule has 0 fully saturated rings. The second-order valence-electron chi connectivity index (χ2n) is 1.38. The Labute approximate surface area is 80.4 Å². The molecule has 0 radical (unpaired) electrons. The summed E-state index contributed by atoms with van der Waals surface area (Å²) in [7, 11) is 0. The minimum absolute atomic E-state index is 0. The van der Waals surface area contributed by atoms with Gasteiger partial charge in [-0.25, -0.2) is 0 Å². The van der Waals surface area contributed by atoms with Crippen LogP contribution in [0.15, 0.2) is 0 Å². The quantitative estimate of drug-likeness (QED) is 0.605. The number of nitrogens with zero attached hydrogens (tertiary/aromatic N) is 1. The maximum atomic E-state index is 5.27. The van der Waals surface area contributed by atoms with E-state index in [1.165, 1.54) is 0 Å². The minimum atomic E-state index is 0. The van der Waals surface area contributed by atoms with Crippen molar-refractivity contribution in [3.8, 4) is 0 Å². The van der Waals surface area contributed by atoms with Crippen LogP contribution in [0, 0.1) is 0 Å². The van der Waals surface area contributed by atoms with Gasteiger partial charge in [0.25, 0.3) is 0 Å². The topological polar surface area (TPSA) is 15.3 Å². The molecule has 5 heteroatoms. The summed E-state index contributed by atoms with van der Waals surface area (Å²) in [5.74, 6) is 0. The predicted molar refractivity (Wildman–Crippen MR) is 37.0 cm³/mol. The van der Waals surface area contributed by atoms with E-state index in [-0.39, 0.29) is 21.1 Å². The third-order valence-electron chi connectivity index (χ3n) is 0.708. The summed E-state index contributed by atoms with van der Waals surface area (Å²) in [6, 6.07) is 0. The second kappa shape index (κ2) is 9.19. The second-order valence-corrected chi connectivity index (χ2v) is 2.37. The molecule has 0 aliphatic carbocycles. The van der Waals surface area contributed by atoms with Crippen molar-refractivity contribution in [3.05, 3.63) is 0 Å². The first kappa shape index (κ1) is 12.8. The summed E-state index contributed by atoms with van der Waals surface area (Å²) in [4.78, 5) is 0. The van der Waals surface area contributed by atoms with Crippen molar-refractivity contribution in [2.75, 3.05) is 19.6 Å².